The van der Waals surface area contributed by atoms with Crippen LogP contribution in [0, 0.1) is 142 Å². The Bertz CT molecular complexity index is 3380. The molecule has 0 aromatic heterocycles. The summed E-state index contributed by atoms with van der Waals surface area (Å²) < 4.78 is 46.1. The van der Waals surface area contributed by atoms with Crippen LogP contribution < -0.4 is 10.6 Å². The number of carbonyl (C=O) groups excluding carboxylic acids is 2. The molecule has 22 atom stereocenters. The van der Waals surface area contributed by atoms with E-state index < -0.39 is 180 Å². The Balaban J connectivity index is -0.000000211. The zero-order valence-corrected chi connectivity index (χ0v) is 52.8. The van der Waals surface area contributed by atoms with Gasteiger partial charge in [-0.05, 0) is 114 Å². The lowest BCUT2D eigenvalue weighted by Crippen LogP contribution is -2.69. The number of nitrogens with one attached hydrogen (secondary N) is 2. The van der Waals surface area contributed by atoms with Crippen molar-refractivity contribution in [2.45, 2.75) is 233 Å². The number of ether oxygens (including phenoxy) is 8. The molecule has 95 heavy (non-hydrogen) atoms. The molecule has 25 nitrogen and oxygen atoms in total. The summed E-state index contributed by atoms with van der Waals surface area (Å²) >= 11 is 0. The Labute approximate surface area is 589 Å². The first kappa shape index (κ1) is 80.0. The average Bonchev–Trinajstić information content (AvgIpc) is 0.774. The lowest BCUT2D eigenvalue weighted by Gasteiger charge is -2.49. The molecule has 25 heteroatoms. The van der Waals surface area contributed by atoms with Crippen molar-refractivity contribution in [1.82, 2.24) is 10.6 Å². The Kier molecular flexibility index (Phi) is 38.6. The molecule has 4 heterocycles. The van der Waals surface area contributed by atoms with Gasteiger partial charge >= 0.3 is 0 Å². The Morgan fingerprint density at radius 1 is 0.463 bits per heavy atom. The highest BCUT2D eigenvalue weighted by Crippen LogP contribution is 2.35. The smallest absolute Gasteiger partial charge is 0.297 e. The summed E-state index contributed by atoms with van der Waals surface area (Å²) in [5.41, 5.74) is 0. The molecule has 0 aromatic rings. The molecular formula is C70H130N2O23. The molecule has 0 aromatic carbocycles. The second kappa shape index (κ2) is 45.9. The molecule has 4 fully saturated rings. The van der Waals surface area contributed by atoms with Gasteiger partial charge in [-0.2, -0.15) is 0 Å². The van der Waals surface area contributed by atoms with Crippen LogP contribution in [0.4, 0.5) is 0 Å². The third kappa shape index (κ3) is 27.7. The molecule has 4 aliphatic rings. The van der Waals surface area contributed by atoms with Crippen LogP contribution in [0.25, 0.3) is 0 Å². The summed E-state index contributed by atoms with van der Waals surface area (Å²) in [7, 11) is 0. The number of hydrogen-bond acceptors (Lipinski definition) is 23. The van der Waals surface area contributed by atoms with Crippen LogP contribution in [-0.4, -0.2) is 246 Å². The van der Waals surface area contributed by atoms with Crippen LogP contribution in [-0.2, 0) is 47.5 Å². The number of carbonyl (C=O) groups is 2. The molecule has 0 radical (unpaired) electrons. The van der Waals surface area contributed by atoms with Gasteiger partial charge in [-0.3, -0.25) is 9.59 Å². The molecule has 2 amide bonds. The van der Waals surface area contributed by atoms with Crippen molar-refractivity contribution in [2.75, 3.05) is 33.0 Å². The first-order valence-corrected chi connectivity index (χ1v) is 30.9. The van der Waals surface area contributed by atoms with Gasteiger partial charge in [-0.25, -0.2) is 0 Å². The third-order valence-corrected chi connectivity index (χ3v) is 14.7. The standard InChI is InChI=1S/C70H82N2O23.24H2/c1-4-6-8-10-12-14-16-18-19-20-21-22-23-24-25-26-27-29-31-33-35-37-39-41-54(79)72-48(49(78)40-38-36-34-32-30-28-17-15-13-11-9-7-5-2)46-88-68-61(85)60(84)64(53(45-76)92-68)93-69-63(87)66(58(82)52(44-75)90-69)95-70-62(86)65(57(81)51(43-74)91-70)94-67-55(71-47(3)77)59(83)56(80)50(42-73)89-67;;;;;;;;;;;;;;;;;;;;;;;;/h38,40,48-53,55-70,73-76,78,80-87H,5,7,9,11,13,15,17,28,30,32,34,36,42-46H2,1-3H3,(H,71,77)(H,72,79);24*1H/b40-38+;;;;;;;;;;;;;;;;;;;;;;;;/t48-,49+,50?,51?,52?,53?,55?,56?,57?,58?,59?,60?,61?,62?,63?,64?,65?,66?,67?,68?,69?,70?;;;;;;;;;;;;;;;;;;;;;;;;/m0......................../s1. The molecule has 0 aliphatic carbocycles. The van der Waals surface area contributed by atoms with Crippen LogP contribution in [0.1, 0.15) is 132 Å². The molecule has 0 saturated carbocycles. The summed E-state index contributed by atoms with van der Waals surface area (Å²) in [5.74, 6) is 57.6. The van der Waals surface area contributed by atoms with E-state index in [1.807, 2.05) is 0 Å². The van der Waals surface area contributed by atoms with E-state index in [-0.39, 0.29) is 34.2 Å². The molecule has 558 valence electrons. The van der Waals surface area contributed by atoms with Gasteiger partial charge < -0.3 is 115 Å². The van der Waals surface area contributed by atoms with Crippen molar-refractivity contribution in [1.29, 1.82) is 0 Å². The van der Waals surface area contributed by atoms with E-state index in [9.17, 15) is 76.0 Å². The lowest BCUT2D eigenvalue weighted by molar-refractivity contribution is -0.387. The SMILES string of the molecule is CC#CC#CC#CC#CC#CC#CC#CC#CC#CC#CC#CC#CC(=O)N[C@@H](COC1OC(CO)C(OC2OC(CO)C(O)C(OC3OC(CO)C(O)C(OC4OC(CO)C(O)C(O)C4NC(C)=O)C3O)C2O)C(O)C1O)[C@H](O)/C=C/CCCCCCCCCCCCC.[HH].[HH].[HH].[HH].[HH].[HH].[HH].[HH].[HH].[HH].[HH].[HH].[HH].[HH].[HH].[HH].[HH].[HH].[HH].[HH].[HH].[HH].[HH].[HH]. The van der Waals surface area contributed by atoms with Crippen LogP contribution in [0.3, 0.4) is 0 Å². The van der Waals surface area contributed by atoms with E-state index in [0.717, 1.165) is 32.6 Å². The van der Waals surface area contributed by atoms with E-state index in [1.165, 1.54) is 51.0 Å². The van der Waals surface area contributed by atoms with Crippen molar-refractivity contribution >= 4 is 11.8 Å². The molecule has 4 saturated heterocycles. The average molecular weight is 1370 g/mol. The topological polar surface area (TPSA) is 395 Å². The summed E-state index contributed by atoms with van der Waals surface area (Å²) in [4.78, 5) is 25.2. The maximum Gasteiger partial charge on any atom is 0.297 e. The summed E-state index contributed by atoms with van der Waals surface area (Å²) in [6.07, 6.45) is -20.5. The maximum absolute atomic E-state index is 13.1. The predicted molar refractivity (Wildman–Crippen MR) is 387 cm³/mol. The fraction of sp³-hybridized carbons (Fsp3) is 0.600. The molecule has 0 spiro atoms. The fourth-order valence-electron chi connectivity index (χ4n) is 9.76. The van der Waals surface area contributed by atoms with Crippen LogP contribution >= 0.6 is 0 Å². The molecule has 4 rings (SSSR count). The minimum atomic E-state index is -2.16. The molecule has 4 aliphatic heterocycles. The molecular weight excluding hydrogens is 1240 g/mol. The quantitative estimate of drug-likeness (QED) is 0.0286. The second-order valence-electron chi connectivity index (χ2n) is 21.6. The highest BCUT2D eigenvalue weighted by molar-refractivity contribution is 5.94. The van der Waals surface area contributed by atoms with Crippen LogP contribution in [0.2, 0.25) is 0 Å². The number of aliphatic hydroxyl groups is 13. The van der Waals surface area contributed by atoms with Gasteiger partial charge in [0.1, 0.15) is 97.6 Å². The number of amides is 2. The Morgan fingerprint density at radius 2 is 0.853 bits per heavy atom. The minimum absolute atomic E-state index is 0. The van der Waals surface area contributed by atoms with Crippen molar-refractivity contribution in [3.63, 3.8) is 0 Å². The van der Waals surface area contributed by atoms with E-state index in [4.69, 9.17) is 37.9 Å². The molecule has 15 N–H and O–H groups in total. The number of rotatable bonds is 29. The monoisotopic (exact) mass is 1370 g/mol. The van der Waals surface area contributed by atoms with Crippen molar-refractivity contribution in [3.05, 3.63) is 12.2 Å². The van der Waals surface area contributed by atoms with Gasteiger partial charge in [0.25, 0.3) is 5.91 Å². The Morgan fingerprint density at radius 3 is 1.29 bits per heavy atom. The number of aliphatic hydroxyl groups excluding tert-OH is 13. The molecule has 0 bridgehead atoms. The number of unbranched alkanes of at least 4 members (excludes halogenated alkanes) is 11. The van der Waals surface area contributed by atoms with Gasteiger partial charge in [0, 0.05) is 82.6 Å². The van der Waals surface area contributed by atoms with Gasteiger partial charge in [-0.1, -0.05) is 89.2 Å². The van der Waals surface area contributed by atoms with Crippen LogP contribution in [0.15, 0.2) is 12.2 Å². The van der Waals surface area contributed by atoms with Crippen molar-refractivity contribution < 1.29 is 148 Å². The normalized spacial score (nSPS) is 30.0. The zero-order valence-electron chi connectivity index (χ0n) is 52.8. The zero-order chi connectivity index (χ0) is 69.3. The maximum atomic E-state index is 13.1. The lowest BCUT2D eigenvalue weighted by atomic mass is 9.95. The van der Waals surface area contributed by atoms with Crippen molar-refractivity contribution in [2.24, 2.45) is 0 Å². The minimum Gasteiger partial charge on any atom is -0.394 e. The third-order valence-electron chi connectivity index (χ3n) is 14.7. The van der Waals surface area contributed by atoms with Crippen LogP contribution in [0.5, 0.6) is 0 Å². The van der Waals surface area contributed by atoms with E-state index in [2.05, 4.69) is 160 Å². The number of hydrogen-bond donors (Lipinski definition) is 15. The van der Waals surface area contributed by atoms with Gasteiger partial charge in [-0.15, -0.1) is 0 Å². The van der Waals surface area contributed by atoms with Gasteiger partial charge in [0.15, 0.2) is 25.2 Å². The summed E-state index contributed by atoms with van der Waals surface area (Å²) in [6, 6.07) is -2.83. The van der Waals surface area contributed by atoms with Gasteiger partial charge in [0.05, 0.1) is 45.2 Å². The predicted octanol–water partition coefficient (Wildman–Crippen LogP) is 1.49. The van der Waals surface area contributed by atoms with E-state index in [1.54, 1.807) is 13.0 Å². The summed E-state index contributed by atoms with van der Waals surface area (Å²) in [5, 5.41) is 147. The van der Waals surface area contributed by atoms with Crippen molar-refractivity contribution in [3.8, 4) is 142 Å². The largest absolute Gasteiger partial charge is 0.394 e. The second-order valence-corrected chi connectivity index (χ2v) is 21.6. The Hall–Kier alpha value is -7.44. The highest BCUT2D eigenvalue weighted by atomic mass is 16.8. The van der Waals surface area contributed by atoms with E-state index in [0.29, 0.717) is 6.42 Å². The first-order valence-electron chi connectivity index (χ1n) is 30.9. The highest BCUT2D eigenvalue weighted by Gasteiger charge is 2.56. The van der Waals surface area contributed by atoms with Gasteiger partial charge in [0.2, 0.25) is 5.91 Å². The van der Waals surface area contributed by atoms with E-state index >= 15 is 0 Å². The number of allylic oxidation sites excluding steroid dienone is 1. The summed E-state index contributed by atoms with van der Waals surface area (Å²) in [6.45, 7) is 0.599. The fourth-order valence-corrected chi connectivity index (χ4v) is 9.76. The first-order chi connectivity index (χ1) is 46.0. The molecule has 20 unspecified atom stereocenters.